The summed E-state index contributed by atoms with van der Waals surface area (Å²) in [6.45, 7) is 0.802. The highest BCUT2D eigenvalue weighted by Gasteiger charge is 2.16. The van der Waals surface area contributed by atoms with Crippen LogP contribution < -0.4 is 10.2 Å². The summed E-state index contributed by atoms with van der Waals surface area (Å²) in [5.41, 5.74) is 2.59. The predicted octanol–water partition coefficient (Wildman–Crippen LogP) is 5.67. The van der Waals surface area contributed by atoms with E-state index in [-0.39, 0.29) is 17.3 Å². The molecule has 0 N–H and O–H groups in total. The molecule has 5 heteroatoms. The lowest BCUT2D eigenvalue weighted by molar-refractivity contribution is 0.179. The van der Waals surface area contributed by atoms with Crippen molar-refractivity contribution >= 4 is 11.0 Å². The summed E-state index contributed by atoms with van der Waals surface area (Å²) in [5, 5.41) is 0.462. The van der Waals surface area contributed by atoms with E-state index in [1.54, 1.807) is 30.3 Å². The van der Waals surface area contributed by atoms with Gasteiger partial charge in [-0.1, -0.05) is 42.5 Å². The van der Waals surface area contributed by atoms with Crippen LogP contribution in [0.1, 0.15) is 18.1 Å². The predicted molar refractivity (Wildman–Crippen MR) is 121 cm³/mol. The van der Waals surface area contributed by atoms with E-state index in [2.05, 4.69) is 4.90 Å². The van der Waals surface area contributed by atoms with E-state index < -0.39 is 0 Å². The minimum absolute atomic E-state index is 0.107. The maximum Gasteiger partial charge on any atom is 0.200 e. The molecule has 158 valence electrons. The largest absolute Gasteiger partial charge is 0.486 e. The molecular formula is C26H24FNO3. The van der Waals surface area contributed by atoms with Crippen LogP contribution in [0, 0.1) is 5.82 Å². The molecule has 0 saturated heterocycles. The van der Waals surface area contributed by atoms with Crippen molar-refractivity contribution in [3.63, 3.8) is 0 Å². The van der Waals surface area contributed by atoms with Gasteiger partial charge in [0.1, 0.15) is 29.5 Å². The Bertz CT molecular complexity index is 1220. The van der Waals surface area contributed by atoms with Gasteiger partial charge in [-0.25, -0.2) is 4.39 Å². The molecule has 0 amide bonds. The molecule has 0 spiro atoms. The van der Waals surface area contributed by atoms with Gasteiger partial charge in [-0.3, -0.25) is 4.79 Å². The fourth-order valence-electron chi connectivity index (χ4n) is 3.51. The van der Waals surface area contributed by atoms with Crippen molar-refractivity contribution in [3.8, 4) is 16.9 Å². The lowest BCUT2D eigenvalue weighted by Crippen LogP contribution is -2.19. The minimum atomic E-state index is -0.285. The van der Waals surface area contributed by atoms with Gasteiger partial charge in [0.2, 0.25) is 5.43 Å². The summed E-state index contributed by atoms with van der Waals surface area (Å²) in [4.78, 5) is 15.2. The number of fused-ring (bicyclic) bond motifs is 1. The fraction of sp³-hybridized carbons (Fsp3) is 0.192. The number of ether oxygens (including phenoxy) is 1. The molecule has 31 heavy (non-hydrogen) atoms. The van der Waals surface area contributed by atoms with Crippen molar-refractivity contribution in [2.24, 2.45) is 0 Å². The van der Waals surface area contributed by atoms with Gasteiger partial charge < -0.3 is 14.1 Å². The molecule has 1 unspecified atom stereocenters. The Labute approximate surface area is 180 Å². The smallest absolute Gasteiger partial charge is 0.200 e. The second kappa shape index (κ2) is 9.14. The molecule has 4 rings (SSSR count). The molecule has 0 aliphatic carbocycles. The minimum Gasteiger partial charge on any atom is -0.486 e. The standard InChI is InChI=1S/C26H24FNO3/c1-28(2)15-14-24(19-8-10-20(27)11-9-19)31-21-12-13-25-22(16-21)26(29)23(17-30-25)18-6-4-3-5-7-18/h3-13,16-17,24H,14-15H2,1-2H3. The normalized spacial score (nSPS) is 12.3. The van der Waals surface area contributed by atoms with Gasteiger partial charge in [0.05, 0.1) is 10.9 Å². The average Bonchev–Trinajstić information content (AvgIpc) is 2.78. The van der Waals surface area contributed by atoms with Crippen molar-refractivity contribution < 1.29 is 13.5 Å². The lowest BCUT2D eigenvalue weighted by atomic mass is 10.0. The summed E-state index contributed by atoms with van der Waals surface area (Å²) in [5.74, 6) is 0.282. The van der Waals surface area contributed by atoms with E-state index in [9.17, 15) is 9.18 Å². The van der Waals surface area contributed by atoms with Gasteiger partial charge in [0.25, 0.3) is 0 Å². The molecule has 0 radical (unpaired) electrons. The Morgan fingerprint density at radius 3 is 2.45 bits per heavy atom. The number of rotatable bonds is 7. The van der Waals surface area contributed by atoms with Crippen molar-refractivity contribution in [3.05, 3.63) is 101 Å². The van der Waals surface area contributed by atoms with E-state index in [1.807, 2.05) is 44.4 Å². The highest BCUT2D eigenvalue weighted by atomic mass is 19.1. The average molecular weight is 417 g/mol. The van der Waals surface area contributed by atoms with Crippen LogP contribution in [0.25, 0.3) is 22.1 Å². The SMILES string of the molecule is CN(C)CCC(Oc1ccc2occ(-c3ccccc3)c(=O)c2c1)c1ccc(F)cc1. The van der Waals surface area contributed by atoms with Crippen molar-refractivity contribution in [2.45, 2.75) is 12.5 Å². The van der Waals surface area contributed by atoms with Gasteiger partial charge in [-0.15, -0.1) is 0 Å². The molecule has 0 fully saturated rings. The van der Waals surface area contributed by atoms with Crippen LogP contribution in [0.3, 0.4) is 0 Å². The molecule has 3 aromatic carbocycles. The number of nitrogens with zero attached hydrogens (tertiary/aromatic N) is 1. The van der Waals surface area contributed by atoms with Crippen LogP contribution >= 0.6 is 0 Å². The number of hydrogen-bond donors (Lipinski definition) is 0. The third kappa shape index (κ3) is 4.84. The van der Waals surface area contributed by atoms with Gasteiger partial charge >= 0.3 is 0 Å². The van der Waals surface area contributed by atoms with Crippen molar-refractivity contribution in [2.75, 3.05) is 20.6 Å². The zero-order valence-corrected chi connectivity index (χ0v) is 17.5. The molecule has 1 atom stereocenters. The Balaban J connectivity index is 1.69. The molecule has 4 aromatic rings. The highest BCUT2D eigenvalue weighted by Crippen LogP contribution is 2.28. The molecule has 4 nitrogen and oxygen atoms in total. The Hall–Kier alpha value is -3.44. The molecule has 0 aliphatic rings. The van der Waals surface area contributed by atoms with Gasteiger partial charge in [-0.2, -0.15) is 0 Å². The Morgan fingerprint density at radius 2 is 1.74 bits per heavy atom. The van der Waals surface area contributed by atoms with Gasteiger partial charge in [-0.05, 0) is 55.6 Å². The topological polar surface area (TPSA) is 42.7 Å². The Kier molecular flexibility index (Phi) is 6.14. The maximum atomic E-state index is 13.4. The summed E-state index contributed by atoms with van der Waals surface area (Å²) in [6, 6.07) is 21.0. The third-order valence-corrected chi connectivity index (χ3v) is 5.19. The van der Waals surface area contributed by atoms with E-state index in [4.69, 9.17) is 9.15 Å². The molecule has 0 bridgehead atoms. The number of halogens is 1. The summed E-state index contributed by atoms with van der Waals surface area (Å²) in [6.07, 6.45) is 1.94. The summed E-state index contributed by atoms with van der Waals surface area (Å²) in [7, 11) is 3.99. The molecular weight excluding hydrogens is 393 g/mol. The number of benzene rings is 3. The first-order chi connectivity index (χ1) is 15.0. The van der Waals surface area contributed by atoms with Crippen molar-refractivity contribution in [1.29, 1.82) is 0 Å². The lowest BCUT2D eigenvalue weighted by Gasteiger charge is -2.21. The molecule has 1 heterocycles. The van der Waals surface area contributed by atoms with Crippen LogP contribution in [0.15, 0.2) is 88.3 Å². The van der Waals surface area contributed by atoms with E-state index in [0.717, 1.165) is 24.1 Å². The fourth-order valence-corrected chi connectivity index (χ4v) is 3.51. The van der Waals surface area contributed by atoms with E-state index in [1.165, 1.54) is 18.4 Å². The Morgan fingerprint density at radius 1 is 1.00 bits per heavy atom. The zero-order chi connectivity index (χ0) is 21.8. The number of hydrogen-bond acceptors (Lipinski definition) is 4. The van der Waals surface area contributed by atoms with Crippen LogP contribution in [0.5, 0.6) is 5.75 Å². The van der Waals surface area contributed by atoms with Crippen LogP contribution in [0.2, 0.25) is 0 Å². The van der Waals surface area contributed by atoms with E-state index in [0.29, 0.717) is 22.3 Å². The summed E-state index contributed by atoms with van der Waals surface area (Å²) >= 11 is 0. The van der Waals surface area contributed by atoms with Gasteiger partial charge in [0, 0.05) is 13.0 Å². The first-order valence-electron chi connectivity index (χ1n) is 10.2. The zero-order valence-electron chi connectivity index (χ0n) is 17.5. The quantitative estimate of drug-likeness (QED) is 0.389. The van der Waals surface area contributed by atoms with Crippen molar-refractivity contribution in [1.82, 2.24) is 4.90 Å². The maximum absolute atomic E-state index is 13.4. The second-order valence-electron chi connectivity index (χ2n) is 7.75. The van der Waals surface area contributed by atoms with Crippen LogP contribution in [-0.2, 0) is 0 Å². The summed E-state index contributed by atoms with van der Waals surface area (Å²) < 4.78 is 25.4. The van der Waals surface area contributed by atoms with E-state index >= 15 is 0 Å². The third-order valence-electron chi connectivity index (χ3n) is 5.19. The molecule has 0 aliphatic heterocycles. The highest BCUT2D eigenvalue weighted by molar-refractivity contribution is 5.82. The van der Waals surface area contributed by atoms with Crippen LogP contribution in [-0.4, -0.2) is 25.5 Å². The second-order valence-corrected chi connectivity index (χ2v) is 7.75. The van der Waals surface area contributed by atoms with Crippen LogP contribution in [0.4, 0.5) is 4.39 Å². The molecule has 0 saturated carbocycles. The monoisotopic (exact) mass is 417 g/mol. The first kappa shape index (κ1) is 20.8. The molecule has 1 aromatic heterocycles. The first-order valence-corrected chi connectivity index (χ1v) is 10.2. The van der Waals surface area contributed by atoms with Gasteiger partial charge in [0.15, 0.2) is 0 Å².